The largest absolute Gasteiger partial charge is 0.433 e. The fourth-order valence-electron chi connectivity index (χ4n) is 1.96. The number of halogens is 3. The Morgan fingerprint density at radius 2 is 2.05 bits per heavy atom. The van der Waals surface area contributed by atoms with E-state index in [9.17, 15) is 13.2 Å². The van der Waals surface area contributed by atoms with Crippen LogP contribution in [0.3, 0.4) is 0 Å². The lowest BCUT2D eigenvalue weighted by atomic mass is 10.2. The molecule has 21 heavy (non-hydrogen) atoms. The predicted octanol–water partition coefficient (Wildman–Crippen LogP) is 2.73. The SMILES string of the molecule is CCCn1ccnc1Cc1cc(C(F)(F)F)nc(NC)n1. The second kappa shape index (κ2) is 6.11. The minimum Gasteiger partial charge on any atom is -0.357 e. The molecule has 0 unspecified atom stereocenters. The highest BCUT2D eigenvalue weighted by Gasteiger charge is 2.33. The summed E-state index contributed by atoms with van der Waals surface area (Å²) in [6.07, 6.45) is 0.0949. The second-order valence-electron chi connectivity index (χ2n) is 4.53. The number of aryl methyl sites for hydroxylation is 1. The Bertz CT molecular complexity index is 606. The Balaban J connectivity index is 2.33. The van der Waals surface area contributed by atoms with Crippen LogP contribution in [0.2, 0.25) is 0 Å². The van der Waals surface area contributed by atoms with Crippen LogP contribution in [0, 0.1) is 0 Å². The van der Waals surface area contributed by atoms with Crippen molar-refractivity contribution in [2.75, 3.05) is 12.4 Å². The van der Waals surface area contributed by atoms with E-state index in [2.05, 4.69) is 20.3 Å². The number of nitrogens with one attached hydrogen (secondary N) is 1. The molecule has 0 fully saturated rings. The molecule has 0 aliphatic heterocycles. The van der Waals surface area contributed by atoms with E-state index in [1.807, 2.05) is 17.7 Å². The average molecular weight is 299 g/mol. The first-order valence-corrected chi connectivity index (χ1v) is 6.57. The summed E-state index contributed by atoms with van der Waals surface area (Å²) < 4.78 is 40.4. The van der Waals surface area contributed by atoms with Crippen molar-refractivity contribution in [3.63, 3.8) is 0 Å². The molecule has 114 valence electrons. The van der Waals surface area contributed by atoms with E-state index >= 15 is 0 Å². The third kappa shape index (κ3) is 3.71. The fraction of sp³-hybridized carbons (Fsp3) is 0.462. The van der Waals surface area contributed by atoms with Gasteiger partial charge in [0, 0.05) is 32.4 Å². The maximum atomic E-state index is 12.8. The molecule has 0 bridgehead atoms. The molecule has 0 saturated carbocycles. The van der Waals surface area contributed by atoms with Crippen LogP contribution < -0.4 is 5.32 Å². The van der Waals surface area contributed by atoms with E-state index in [0.717, 1.165) is 19.0 Å². The van der Waals surface area contributed by atoms with Crippen LogP contribution in [0.25, 0.3) is 0 Å². The standard InChI is InChI=1S/C13H16F3N5/c1-3-5-21-6-4-18-11(21)8-9-7-10(13(14,15)16)20-12(17-2)19-9/h4,6-7H,3,5,8H2,1-2H3,(H,17,19,20). The molecule has 0 aromatic carbocycles. The smallest absolute Gasteiger partial charge is 0.357 e. The summed E-state index contributed by atoms with van der Waals surface area (Å²) in [5.41, 5.74) is -0.671. The number of anilines is 1. The van der Waals surface area contributed by atoms with Crippen LogP contribution in [-0.4, -0.2) is 26.6 Å². The topological polar surface area (TPSA) is 55.6 Å². The van der Waals surface area contributed by atoms with E-state index in [-0.39, 0.29) is 18.1 Å². The zero-order valence-electron chi connectivity index (χ0n) is 11.8. The summed E-state index contributed by atoms with van der Waals surface area (Å²) in [4.78, 5) is 11.7. The molecule has 0 radical (unpaired) electrons. The molecular formula is C13H16F3N5. The molecule has 2 heterocycles. The van der Waals surface area contributed by atoms with E-state index in [1.165, 1.54) is 7.05 Å². The highest BCUT2D eigenvalue weighted by atomic mass is 19.4. The highest BCUT2D eigenvalue weighted by molar-refractivity contribution is 5.29. The molecule has 5 nitrogen and oxygen atoms in total. The molecule has 0 spiro atoms. The molecule has 1 N–H and O–H groups in total. The van der Waals surface area contributed by atoms with Gasteiger partial charge in [-0.1, -0.05) is 6.92 Å². The van der Waals surface area contributed by atoms with Crippen LogP contribution in [0.1, 0.15) is 30.6 Å². The maximum absolute atomic E-state index is 12.8. The first kappa shape index (κ1) is 15.3. The molecule has 0 aliphatic rings. The minimum absolute atomic E-state index is 0.0478. The summed E-state index contributed by atoms with van der Waals surface area (Å²) in [6.45, 7) is 2.79. The van der Waals surface area contributed by atoms with Gasteiger partial charge in [-0.3, -0.25) is 0 Å². The van der Waals surface area contributed by atoms with Gasteiger partial charge in [-0.2, -0.15) is 13.2 Å². The third-order valence-electron chi connectivity index (χ3n) is 2.90. The van der Waals surface area contributed by atoms with E-state index in [1.54, 1.807) is 6.20 Å². The molecule has 2 rings (SSSR count). The maximum Gasteiger partial charge on any atom is 0.433 e. The Morgan fingerprint density at radius 1 is 1.29 bits per heavy atom. The summed E-state index contributed by atoms with van der Waals surface area (Å²) in [6, 6.07) is 0.964. The molecule has 0 amide bonds. The van der Waals surface area contributed by atoms with Gasteiger partial charge in [0.15, 0.2) is 0 Å². The Labute approximate surface area is 120 Å². The minimum atomic E-state index is -4.50. The lowest BCUT2D eigenvalue weighted by molar-refractivity contribution is -0.141. The predicted molar refractivity (Wildman–Crippen MR) is 71.9 cm³/mol. The zero-order chi connectivity index (χ0) is 15.5. The van der Waals surface area contributed by atoms with Gasteiger partial charge in [-0.25, -0.2) is 15.0 Å². The van der Waals surface area contributed by atoms with Crippen molar-refractivity contribution >= 4 is 5.95 Å². The molecular weight excluding hydrogens is 283 g/mol. The van der Waals surface area contributed by atoms with Crippen molar-refractivity contribution in [3.8, 4) is 0 Å². The van der Waals surface area contributed by atoms with Gasteiger partial charge in [0.1, 0.15) is 11.5 Å². The van der Waals surface area contributed by atoms with Crippen molar-refractivity contribution in [1.82, 2.24) is 19.5 Å². The van der Waals surface area contributed by atoms with Crippen molar-refractivity contribution in [2.24, 2.45) is 0 Å². The van der Waals surface area contributed by atoms with Crippen LogP contribution in [0.5, 0.6) is 0 Å². The highest BCUT2D eigenvalue weighted by Crippen LogP contribution is 2.28. The number of hydrogen-bond donors (Lipinski definition) is 1. The van der Waals surface area contributed by atoms with Crippen LogP contribution in [0.15, 0.2) is 18.5 Å². The summed E-state index contributed by atoms with van der Waals surface area (Å²) >= 11 is 0. The summed E-state index contributed by atoms with van der Waals surface area (Å²) in [5, 5.41) is 2.55. The Hall–Kier alpha value is -2.12. The van der Waals surface area contributed by atoms with Gasteiger partial charge in [0.2, 0.25) is 5.95 Å². The van der Waals surface area contributed by atoms with E-state index in [0.29, 0.717) is 5.82 Å². The first-order valence-electron chi connectivity index (χ1n) is 6.57. The van der Waals surface area contributed by atoms with Gasteiger partial charge in [0.25, 0.3) is 0 Å². The number of rotatable bonds is 5. The molecule has 0 atom stereocenters. The van der Waals surface area contributed by atoms with Crippen LogP contribution in [-0.2, 0) is 19.1 Å². The van der Waals surface area contributed by atoms with Gasteiger partial charge in [-0.05, 0) is 12.5 Å². The molecule has 0 saturated heterocycles. The van der Waals surface area contributed by atoms with Crippen molar-refractivity contribution in [2.45, 2.75) is 32.5 Å². The third-order valence-corrected chi connectivity index (χ3v) is 2.90. The van der Waals surface area contributed by atoms with Gasteiger partial charge >= 0.3 is 6.18 Å². The average Bonchev–Trinajstić information content (AvgIpc) is 2.85. The van der Waals surface area contributed by atoms with Crippen molar-refractivity contribution in [1.29, 1.82) is 0 Å². The van der Waals surface area contributed by atoms with Crippen molar-refractivity contribution < 1.29 is 13.2 Å². The second-order valence-corrected chi connectivity index (χ2v) is 4.53. The number of nitrogens with zero attached hydrogens (tertiary/aromatic N) is 4. The van der Waals surface area contributed by atoms with E-state index in [4.69, 9.17) is 0 Å². The molecule has 2 aromatic heterocycles. The van der Waals surface area contributed by atoms with Gasteiger partial charge < -0.3 is 9.88 Å². The first-order chi connectivity index (χ1) is 9.94. The quantitative estimate of drug-likeness (QED) is 0.922. The summed E-state index contributed by atoms with van der Waals surface area (Å²) in [5.74, 6) is 0.638. The van der Waals surface area contributed by atoms with E-state index < -0.39 is 11.9 Å². The van der Waals surface area contributed by atoms with Crippen LogP contribution in [0.4, 0.5) is 19.1 Å². The van der Waals surface area contributed by atoms with Crippen molar-refractivity contribution in [3.05, 3.63) is 35.7 Å². The lowest BCUT2D eigenvalue weighted by Crippen LogP contribution is -2.13. The fourth-order valence-corrected chi connectivity index (χ4v) is 1.96. The normalized spacial score (nSPS) is 11.7. The Kier molecular flexibility index (Phi) is 4.44. The number of imidazole rings is 1. The molecule has 8 heteroatoms. The van der Waals surface area contributed by atoms with Gasteiger partial charge in [0.05, 0.1) is 5.69 Å². The summed E-state index contributed by atoms with van der Waals surface area (Å²) in [7, 11) is 1.48. The number of hydrogen-bond acceptors (Lipinski definition) is 4. The molecule has 2 aromatic rings. The Morgan fingerprint density at radius 3 is 2.67 bits per heavy atom. The van der Waals surface area contributed by atoms with Gasteiger partial charge in [-0.15, -0.1) is 0 Å². The molecule has 0 aliphatic carbocycles. The van der Waals surface area contributed by atoms with Crippen LogP contribution >= 0.6 is 0 Å². The zero-order valence-corrected chi connectivity index (χ0v) is 11.8. The number of alkyl halides is 3. The number of aromatic nitrogens is 4. The lowest BCUT2D eigenvalue weighted by Gasteiger charge is -2.11. The monoisotopic (exact) mass is 299 g/mol.